The molecule has 0 radical (unpaired) electrons. The summed E-state index contributed by atoms with van der Waals surface area (Å²) >= 11 is 0. The Hall–Kier alpha value is -0.995. The van der Waals surface area contributed by atoms with Gasteiger partial charge in [-0.25, -0.2) is 0 Å². The lowest BCUT2D eigenvalue weighted by Crippen LogP contribution is -2.41. The molecule has 1 aromatic rings. The number of rotatable bonds is 4. The first-order chi connectivity index (χ1) is 11.3. The molecule has 24 heavy (non-hydrogen) atoms. The molecule has 0 unspecified atom stereocenters. The van der Waals surface area contributed by atoms with Gasteiger partial charge in [0.1, 0.15) is 5.75 Å². The Bertz CT molecular complexity index is 560. The molecule has 0 amide bonds. The van der Waals surface area contributed by atoms with Gasteiger partial charge in [-0.05, 0) is 65.4 Å². The zero-order valence-corrected chi connectivity index (χ0v) is 15.9. The topological polar surface area (TPSA) is 27.7 Å². The Balaban J connectivity index is 1.90. The summed E-state index contributed by atoms with van der Waals surface area (Å²) in [7, 11) is -0.361. The molecule has 0 N–H and O–H groups in total. The lowest BCUT2D eigenvalue weighted by Gasteiger charge is -2.32. The summed E-state index contributed by atoms with van der Waals surface area (Å²) in [5.41, 5.74) is 1.62. The van der Waals surface area contributed by atoms with Crippen molar-refractivity contribution < 1.29 is 14.0 Å². The van der Waals surface area contributed by atoms with Crippen molar-refractivity contribution in [2.75, 3.05) is 0 Å². The van der Waals surface area contributed by atoms with Gasteiger partial charge in [0.25, 0.3) is 0 Å². The highest BCUT2D eigenvalue weighted by molar-refractivity contribution is 6.63. The number of hydrogen-bond acceptors (Lipinski definition) is 3. The maximum atomic E-state index is 6.50. The molecule has 3 nitrogen and oxygen atoms in total. The lowest BCUT2D eigenvalue weighted by molar-refractivity contribution is 0.00578. The van der Waals surface area contributed by atoms with Crippen molar-refractivity contribution in [3.05, 3.63) is 23.8 Å². The van der Waals surface area contributed by atoms with E-state index in [9.17, 15) is 0 Å². The van der Waals surface area contributed by atoms with Gasteiger partial charge in [0.15, 0.2) is 0 Å². The van der Waals surface area contributed by atoms with E-state index in [1.807, 2.05) is 0 Å². The summed E-state index contributed by atoms with van der Waals surface area (Å²) in [4.78, 5) is 0. The smallest absolute Gasteiger partial charge is 0.491 e. The van der Waals surface area contributed by atoms with Crippen molar-refractivity contribution in [3.63, 3.8) is 0 Å². The third kappa shape index (κ3) is 3.36. The average Bonchev–Trinajstić information content (AvgIpc) is 2.76. The van der Waals surface area contributed by atoms with Gasteiger partial charge in [-0.1, -0.05) is 31.5 Å². The van der Waals surface area contributed by atoms with Gasteiger partial charge >= 0.3 is 7.12 Å². The highest BCUT2D eigenvalue weighted by atomic mass is 16.7. The maximum Gasteiger partial charge on any atom is 0.498 e. The number of aryl methyl sites for hydroxylation is 1. The molecule has 4 heteroatoms. The monoisotopic (exact) mass is 330 g/mol. The van der Waals surface area contributed by atoms with Crippen LogP contribution in [0.3, 0.4) is 0 Å². The molecule has 0 aromatic heterocycles. The Morgan fingerprint density at radius 2 is 1.67 bits per heavy atom. The summed E-state index contributed by atoms with van der Waals surface area (Å²) in [5.74, 6) is 0.991. The molecule has 2 fully saturated rings. The first-order valence-electron chi connectivity index (χ1n) is 9.48. The van der Waals surface area contributed by atoms with Crippen molar-refractivity contribution in [2.45, 2.75) is 90.4 Å². The lowest BCUT2D eigenvalue weighted by atomic mass is 9.77. The summed E-state index contributed by atoms with van der Waals surface area (Å²) in [6.07, 6.45) is 7.46. The Morgan fingerprint density at radius 1 is 1.04 bits per heavy atom. The Morgan fingerprint density at radius 3 is 2.25 bits per heavy atom. The third-order valence-corrected chi connectivity index (χ3v) is 5.85. The second-order valence-electron chi connectivity index (χ2n) is 8.16. The summed E-state index contributed by atoms with van der Waals surface area (Å²) < 4.78 is 19.1. The van der Waals surface area contributed by atoms with Crippen LogP contribution in [0, 0.1) is 0 Å². The van der Waals surface area contributed by atoms with Crippen LogP contribution in [0.4, 0.5) is 0 Å². The van der Waals surface area contributed by atoms with Crippen LogP contribution in [0.15, 0.2) is 18.2 Å². The standard InChI is InChI=1S/C20H31BO3/c1-6-15-11-10-14-17(18(15)22-16-12-8-7-9-13-16)21-23-19(2,3)20(4,5)24-21/h10-11,14,16H,6-9,12-13H2,1-5H3. The van der Waals surface area contributed by atoms with Crippen LogP contribution >= 0.6 is 0 Å². The van der Waals surface area contributed by atoms with Gasteiger partial charge in [0.2, 0.25) is 0 Å². The molecule has 1 saturated heterocycles. The predicted molar refractivity (Wildman–Crippen MR) is 99.0 cm³/mol. The first kappa shape index (κ1) is 17.8. The summed E-state index contributed by atoms with van der Waals surface area (Å²) in [6.45, 7) is 10.6. The zero-order valence-electron chi connectivity index (χ0n) is 15.9. The van der Waals surface area contributed by atoms with Crippen LogP contribution in [0.2, 0.25) is 0 Å². The van der Waals surface area contributed by atoms with Gasteiger partial charge in [-0.15, -0.1) is 0 Å². The van der Waals surface area contributed by atoms with Crippen molar-refractivity contribution >= 4 is 12.6 Å². The highest BCUT2D eigenvalue weighted by Crippen LogP contribution is 2.38. The van der Waals surface area contributed by atoms with E-state index in [4.69, 9.17) is 14.0 Å². The SMILES string of the molecule is CCc1cccc(B2OC(C)(C)C(C)(C)O2)c1OC1CCCCC1. The quantitative estimate of drug-likeness (QED) is 0.772. The minimum atomic E-state index is -0.361. The molecule has 1 saturated carbocycles. The summed E-state index contributed by atoms with van der Waals surface area (Å²) in [5, 5.41) is 0. The van der Waals surface area contributed by atoms with E-state index in [0.29, 0.717) is 6.10 Å². The van der Waals surface area contributed by atoms with E-state index in [1.165, 1.54) is 24.8 Å². The first-order valence-corrected chi connectivity index (χ1v) is 9.48. The van der Waals surface area contributed by atoms with E-state index in [2.05, 4.69) is 52.8 Å². The molecule has 1 aliphatic heterocycles. The van der Waals surface area contributed by atoms with Gasteiger partial charge in [0.05, 0.1) is 17.3 Å². The van der Waals surface area contributed by atoms with E-state index in [-0.39, 0.29) is 18.3 Å². The van der Waals surface area contributed by atoms with Gasteiger partial charge in [-0.3, -0.25) is 0 Å². The number of para-hydroxylation sites is 1. The summed E-state index contributed by atoms with van der Waals surface area (Å²) in [6, 6.07) is 6.35. The molecule has 1 aromatic carbocycles. The Labute approximate surface area is 147 Å². The number of ether oxygens (including phenoxy) is 1. The van der Waals surface area contributed by atoms with Crippen LogP contribution in [-0.2, 0) is 15.7 Å². The van der Waals surface area contributed by atoms with Crippen LogP contribution in [0.1, 0.15) is 72.3 Å². The second-order valence-corrected chi connectivity index (χ2v) is 8.16. The molecular weight excluding hydrogens is 299 g/mol. The van der Waals surface area contributed by atoms with Crippen molar-refractivity contribution in [1.29, 1.82) is 0 Å². The molecule has 0 atom stereocenters. The molecule has 0 bridgehead atoms. The predicted octanol–water partition coefficient (Wildman–Crippen LogP) is 4.26. The Kier molecular flexibility index (Phi) is 4.99. The molecule has 3 rings (SSSR count). The number of benzene rings is 1. The molecule has 2 aliphatic rings. The number of hydrogen-bond donors (Lipinski definition) is 0. The van der Waals surface area contributed by atoms with Crippen LogP contribution < -0.4 is 10.2 Å². The fourth-order valence-electron chi connectivity index (χ4n) is 3.53. The third-order valence-electron chi connectivity index (χ3n) is 5.85. The fourth-order valence-corrected chi connectivity index (χ4v) is 3.53. The van der Waals surface area contributed by atoms with E-state index in [1.54, 1.807) is 0 Å². The van der Waals surface area contributed by atoms with E-state index >= 15 is 0 Å². The van der Waals surface area contributed by atoms with Crippen molar-refractivity contribution in [2.24, 2.45) is 0 Å². The van der Waals surface area contributed by atoms with Gasteiger partial charge in [0, 0.05) is 5.46 Å². The maximum absolute atomic E-state index is 6.50. The average molecular weight is 330 g/mol. The normalized spacial score (nSPS) is 23.5. The van der Waals surface area contributed by atoms with Crippen LogP contribution in [0.5, 0.6) is 5.75 Å². The molecule has 0 spiro atoms. The van der Waals surface area contributed by atoms with Crippen molar-refractivity contribution in [1.82, 2.24) is 0 Å². The second kappa shape index (κ2) is 6.72. The van der Waals surface area contributed by atoms with Crippen molar-refractivity contribution in [3.8, 4) is 5.75 Å². The fraction of sp³-hybridized carbons (Fsp3) is 0.700. The van der Waals surface area contributed by atoms with Crippen LogP contribution in [-0.4, -0.2) is 24.4 Å². The molecule has 132 valence electrons. The van der Waals surface area contributed by atoms with Gasteiger partial charge in [-0.2, -0.15) is 0 Å². The van der Waals surface area contributed by atoms with Gasteiger partial charge < -0.3 is 14.0 Å². The van der Waals surface area contributed by atoms with E-state index in [0.717, 1.165) is 30.5 Å². The molecular formula is C20H31BO3. The largest absolute Gasteiger partial charge is 0.498 e. The molecule has 1 heterocycles. The van der Waals surface area contributed by atoms with Crippen LogP contribution in [0.25, 0.3) is 0 Å². The van der Waals surface area contributed by atoms with E-state index < -0.39 is 0 Å². The minimum Gasteiger partial charge on any atom is -0.491 e. The molecule has 1 aliphatic carbocycles. The highest BCUT2D eigenvalue weighted by Gasteiger charge is 2.52. The minimum absolute atomic E-state index is 0.327. The zero-order chi connectivity index (χ0) is 17.4.